The van der Waals surface area contributed by atoms with Crippen LogP contribution in [0.3, 0.4) is 0 Å². The van der Waals surface area contributed by atoms with Crippen molar-refractivity contribution >= 4 is 36.9 Å². The molecule has 0 bridgehead atoms. The Bertz CT molecular complexity index is 542. The Morgan fingerprint density at radius 2 is 1.93 bits per heavy atom. The molecule has 27 heavy (non-hydrogen) atoms. The molecule has 0 spiro atoms. The lowest BCUT2D eigenvalue weighted by atomic mass is 9.84. The molecule has 6 nitrogen and oxygen atoms in total. The van der Waals surface area contributed by atoms with Gasteiger partial charge in [0.05, 0.1) is 18.6 Å². The predicted octanol–water partition coefficient (Wildman–Crippen LogP) is 0.630. The minimum absolute atomic E-state index is 0.0217. The second-order valence-electron chi connectivity index (χ2n) is 8.17. The van der Waals surface area contributed by atoms with Gasteiger partial charge in [0.1, 0.15) is 12.8 Å². The Morgan fingerprint density at radius 3 is 2.48 bits per heavy atom. The number of hydrogen-bond acceptors (Lipinski definition) is 4. The van der Waals surface area contributed by atoms with E-state index in [-0.39, 0.29) is 30.3 Å². The van der Waals surface area contributed by atoms with Crippen LogP contribution in [0.4, 0.5) is 0 Å². The van der Waals surface area contributed by atoms with Crippen molar-refractivity contribution < 1.29 is 9.59 Å². The van der Waals surface area contributed by atoms with E-state index in [1.807, 2.05) is 6.92 Å². The number of likely N-dealkylation sites (tertiary alicyclic amines) is 1. The SMILES string of the molecule is B[C@@H]1CCCN1C(=S)[C@H](CC)NC(=O)CN(C)C(=O)[C@@H](N)C1CCCCC1. The molecule has 8 heteroatoms. The van der Waals surface area contributed by atoms with E-state index in [2.05, 4.69) is 18.1 Å². The van der Waals surface area contributed by atoms with Crippen LogP contribution >= 0.6 is 12.2 Å². The topological polar surface area (TPSA) is 78.7 Å². The van der Waals surface area contributed by atoms with Gasteiger partial charge in [0.15, 0.2) is 0 Å². The number of thiocarbonyl (C=S) groups is 1. The molecule has 1 saturated carbocycles. The van der Waals surface area contributed by atoms with Gasteiger partial charge in [-0.3, -0.25) is 9.59 Å². The number of nitrogens with zero attached hydrogens (tertiary/aromatic N) is 2. The molecule has 0 aromatic carbocycles. The van der Waals surface area contributed by atoms with Crippen molar-refractivity contribution in [1.82, 2.24) is 15.1 Å². The quantitative estimate of drug-likeness (QED) is 0.489. The molecule has 2 rings (SSSR count). The number of likely N-dealkylation sites (N-methyl/N-ethyl adjacent to an activating group) is 1. The average molecular weight is 394 g/mol. The Balaban J connectivity index is 1.85. The van der Waals surface area contributed by atoms with Gasteiger partial charge in [0.25, 0.3) is 0 Å². The fraction of sp³-hybridized carbons (Fsp3) is 0.842. The van der Waals surface area contributed by atoms with Gasteiger partial charge in [0, 0.05) is 13.6 Å². The summed E-state index contributed by atoms with van der Waals surface area (Å²) in [5, 5.41) is 3.01. The predicted molar refractivity (Wildman–Crippen MR) is 115 cm³/mol. The molecule has 1 saturated heterocycles. The first-order chi connectivity index (χ1) is 12.8. The minimum Gasteiger partial charge on any atom is -0.370 e. The summed E-state index contributed by atoms with van der Waals surface area (Å²) in [5.74, 6) is 0.356. The number of carbonyl (C=O) groups is 2. The minimum atomic E-state index is -0.503. The van der Waals surface area contributed by atoms with Crippen molar-refractivity contribution in [2.75, 3.05) is 20.1 Å². The second kappa shape index (κ2) is 10.4. The third-order valence-electron chi connectivity index (χ3n) is 6.08. The third kappa shape index (κ3) is 5.91. The highest BCUT2D eigenvalue weighted by Crippen LogP contribution is 2.26. The maximum Gasteiger partial charge on any atom is 0.240 e. The first kappa shape index (κ1) is 22.1. The fourth-order valence-electron chi connectivity index (χ4n) is 4.28. The summed E-state index contributed by atoms with van der Waals surface area (Å²) in [6.07, 6.45) is 8.54. The molecule has 2 fully saturated rings. The summed E-state index contributed by atoms with van der Waals surface area (Å²) in [6, 6.07) is -0.667. The highest BCUT2D eigenvalue weighted by molar-refractivity contribution is 7.80. The van der Waals surface area contributed by atoms with Crippen molar-refractivity contribution in [3.8, 4) is 0 Å². The summed E-state index contributed by atoms with van der Waals surface area (Å²) in [4.78, 5) is 29.6. The van der Waals surface area contributed by atoms with Gasteiger partial charge in [-0.2, -0.15) is 0 Å². The van der Waals surface area contributed by atoms with E-state index in [4.69, 9.17) is 18.0 Å². The van der Waals surface area contributed by atoms with Crippen molar-refractivity contribution in [3.63, 3.8) is 0 Å². The average Bonchev–Trinajstić information content (AvgIpc) is 3.10. The van der Waals surface area contributed by atoms with Crippen molar-refractivity contribution in [1.29, 1.82) is 0 Å². The van der Waals surface area contributed by atoms with E-state index >= 15 is 0 Å². The number of nitrogens with two attached hydrogens (primary N) is 1. The monoisotopic (exact) mass is 394 g/mol. The van der Waals surface area contributed by atoms with Crippen LogP contribution in [0.15, 0.2) is 0 Å². The van der Waals surface area contributed by atoms with E-state index < -0.39 is 6.04 Å². The lowest BCUT2D eigenvalue weighted by Crippen LogP contribution is -2.53. The Kier molecular flexibility index (Phi) is 8.54. The van der Waals surface area contributed by atoms with Crippen LogP contribution < -0.4 is 11.1 Å². The summed E-state index contributed by atoms with van der Waals surface area (Å²) >= 11 is 5.63. The van der Waals surface area contributed by atoms with Gasteiger partial charge in [-0.25, -0.2) is 0 Å². The lowest BCUT2D eigenvalue weighted by Gasteiger charge is -2.31. The maximum absolute atomic E-state index is 12.6. The van der Waals surface area contributed by atoms with Crippen LogP contribution in [-0.4, -0.2) is 72.6 Å². The number of nitrogens with one attached hydrogen (secondary N) is 1. The number of amides is 2. The van der Waals surface area contributed by atoms with E-state index in [0.717, 1.165) is 56.5 Å². The number of carbonyl (C=O) groups excluding carboxylic acids is 2. The van der Waals surface area contributed by atoms with E-state index in [1.165, 1.54) is 11.3 Å². The summed E-state index contributed by atoms with van der Waals surface area (Å²) in [7, 11) is 3.83. The lowest BCUT2D eigenvalue weighted by molar-refractivity contribution is -0.137. The van der Waals surface area contributed by atoms with E-state index in [9.17, 15) is 9.59 Å². The molecular weight excluding hydrogens is 359 g/mol. The molecular formula is C19H35BN4O2S. The molecule has 0 unspecified atom stereocenters. The first-order valence-corrected chi connectivity index (χ1v) is 10.9. The van der Waals surface area contributed by atoms with Gasteiger partial charge in [-0.1, -0.05) is 38.4 Å². The van der Waals surface area contributed by atoms with Crippen LogP contribution in [0.25, 0.3) is 0 Å². The Labute approximate surface area is 170 Å². The molecule has 0 radical (unpaired) electrons. The standard InChI is InChI=1S/C19H35BN4O2S/c1-3-14(19(27)24-11-7-10-15(24)20)22-16(25)12-23(2)18(26)17(21)13-8-5-4-6-9-13/h13-15,17H,3-12,20-21H2,1-2H3,(H,22,25)/t14-,15-,17-/m0/s1. The Hall–Kier alpha value is -1.15. The highest BCUT2D eigenvalue weighted by atomic mass is 32.1. The maximum atomic E-state index is 12.6. The van der Waals surface area contributed by atoms with Crippen molar-refractivity contribution in [2.24, 2.45) is 11.7 Å². The summed E-state index contributed by atoms with van der Waals surface area (Å²) in [6.45, 7) is 3.00. The molecule has 2 aliphatic rings. The summed E-state index contributed by atoms with van der Waals surface area (Å²) < 4.78 is 0. The van der Waals surface area contributed by atoms with Crippen molar-refractivity contribution in [3.05, 3.63) is 0 Å². The highest BCUT2D eigenvalue weighted by Gasteiger charge is 2.30. The van der Waals surface area contributed by atoms with Gasteiger partial charge >= 0.3 is 0 Å². The molecule has 3 atom stereocenters. The number of rotatable bonds is 7. The van der Waals surface area contributed by atoms with Gasteiger partial charge in [-0.05, 0) is 44.0 Å². The molecule has 1 aliphatic heterocycles. The molecule has 0 aromatic heterocycles. The van der Waals surface area contributed by atoms with Crippen LogP contribution in [0.5, 0.6) is 0 Å². The molecule has 1 heterocycles. The first-order valence-electron chi connectivity index (χ1n) is 10.5. The second-order valence-corrected chi connectivity index (χ2v) is 8.59. The summed E-state index contributed by atoms with van der Waals surface area (Å²) in [5.41, 5.74) is 6.19. The van der Waals surface area contributed by atoms with E-state index in [0.29, 0.717) is 5.94 Å². The van der Waals surface area contributed by atoms with Crippen LogP contribution in [0.2, 0.25) is 0 Å². The molecule has 2 amide bonds. The zero-order valence-corrected chi connectivity index (χ0v) is 17.9. The Morgan fingerprint density at radius 1 is 1.26 bits per heavy atom. The smallest absolute Gasteiger partial charge is 0.240 e. The molecule has 1 aliphatic carbocycles. The van der Waals surface area contributed by atoms with E-state index in [1.54, 1.807) is 7.05 Å². The van der Waals surface area contributed by atoms with Gasteiger partial charge in [0.2, 0.25) is 11.8 Å². The van der Waals surface area contributed by atoms with Crippen LogP contribution in [0.1, 0.15) is 58.3 Å². The van der Waals surface area contributed by atoms with Crippen LogP contribution in [-0.2, 0) is 9.59 Å². The molecule has 0 aromatic rings. The normalized spacial score (nSPS) is 22.9. The largest absolute Gasteiger partial charge is 0.370 e. The van der Waals surface area contributed by atoms with Crippen molar-refractivity contribution in [2.45, 2.75) is 76.3 Å². The third-order valence-corrected chi connectivity index (χ3v) is 6.60. The number of hydrogen-bond donors (Lipinski definition) is 2. The molecule has 3 N–H and O–H groups in total. The fourth-order valence-corrected chi connectivity index (χ4v) is 4.78. The zero-order valence-electron chi connectivity index (χ0n) is 17.1. The van der Waals surface area contributed by atoms with Gasteiger partial charge < -0.3 is 20.9 Å². The van der Waals surface area contributed by atoms with Gasteiger partial charge in [-0.15, -0.1) is 0 Å². The van der Waals surface area contributed by atoms with Crippen LogP contribution in [0, 0.1) is 5.92 Å². The molecule has 152 valence electrons. The zero-order chi connectivity index (χ0) is 20.0.